The van der Waals surface area contributed by atoms with Crippen LogP contribution >= 0.6 is 11.6 Å². The number of hydrogen-bond acceptors (Lipinski definition) is 1. The van der Waals surface area contributed by atoms with Crippen LogP contribution < -0.4 is 4.90 Å². The first-order valence-corrected chi connectivity index (χ1v) is 8.16. The zero-order chi connectivity index (χ0) is 17.5. The lowest BCUT2D eigenvalue weighted by Crippen LogP contribution is -2.64. The zero-order valence-electron chi connectivity index (χ0n) is 13.8. The van der Waals surface area contributed by atoms with Crippen LogP contribution in [0, 0.1) is 0 Å². The van der Waals surface area contributed by atoms with Gasteiger partial charge in [-0.3, -0.25) is 4.99 Å². The summed E-state index contributed by atoms with van der Waals surface area (Å²) in [5.74, 6) is -3.22. The Balaban J connectivity index is 2.10. The standard InChI is InChI=1S/C19H19ClF2N2/c1-18(2,3)23-17-19(21,22)16(13-7-5-4-6-8-13)24(17)15-11-9-14(20)10-12-15/h4-12,16H,1-3H3. The molecule has 2 aromatic carbocycles. The summed E-state index contributed by atoms with van der Waals surface area (Å²) in [6.45, 7) is 5.43. The van der Waals surface area contributed by atoms with Gasteiger partial charge in [-0.25, -0.2) is 0 Å². The molecular formula is C19H19ClF2N2. The van der Waals surface area contributed by atoms with E-state index in [1.165, 1.54) is 0 Å². The average Bonchev–Trinajstić information content (AvgIpc) is 2.51. The van der Waals surface area contributed by atoms with Gasteiger partial charge in [0.2, 0.25) is 0 Å². The van der Waals surface area contributed by atoms with E-state index < -0.39 is 17.5 Å². The third-order valence-electron chi connectivity index (χ3n) is 3.79. The molecule has 126 valence electrons. The van der Waals surface area contributed by atoms with Crippen molar-refractivity contribution in [2.45, 2.75) is 38.3 Å². The smallest absolute Gasteiger partial charge is 0.311 e. The molecule has 1 unspecified atom stereocenters. The van der Waals surface area contributed by atoms with E-state index in [1.807, 2.05) is 26.8 Å². The van der Waals surface area contributed by atoms with Crippen molar-refractivity contribution in [3.05, 3.63) is 65.2 Å². The lowest BCUT2D eigenvalue weighted by molar-refractivity contribution is 0.0150. The van der Waals surface area contributed by atoms with Crippen molar-refractivity contribution in [2.75, 3.05) is 4.90 Å². The summed E-state index contributed by atoms with van der Waals surface area (Å²) >= 11 is 5.93. The molecule has 0 N–H and O–H groups in total. The Bertz CT molecular complexity index is 749. The highest BCUT2D eigenvalue weighted by molar-refractivity contribution is 6.30. The van der Waals surface area contributed by atoms with Crippen LogP contribution in [0.25, 0.3) is 0 Å². The average molecular weight is 349 g/mol. The first kappa shape index (κ1) is 16.9. The van der Waals surface area contributed by atoms with Crippen LogP contribution in [-0.2, 0) is 0 Å². The van der Waals surface area contributed by atoms with Crippen LogP contribution in [0.15, 0.2) is 59.6 Å². The third kappa shape index (κ3) is 3.03. The minimum absolute atomic E-state index is 0.203. The predicted molar refractivity (Wildman–Crippen MR) is 95.2 cm³/mol. The number of nitrogens with zero attached hydrogens (tertiary/aromatic N) is 2. The van der Waals surface area contributed by atoms with Gasteiger partial charge in [0.25, 0.3) is 0 Å². The molecule has 0 aliphatic carbocycles. The lowest BCUT2D eigenvalue weighted by Gasteiger charge is -2.50. The zero-order valence-corrected chi connectivity index (χ0v) is 14.6. The van der Waals surface area contributed by atoms with Crippen LogP contribution in [0.4, 0.5) is 14.5 Å². The molecule has 0 aromatic heterocycles. The molecule has 2 nitrogen and oxygen atoms in total. The number of alkyl halides is 2. The van der Waals surface area contributed by atoms with Crippen molar-refractivity contribution in [1.29, 1.82) is 0 Å². The molecule has 1 heterocycles. The summed E-state index contributed by atoms with van der Waals surface area (Å²) in [5, 5.41) is 0.566. The third-order valence-corrected chi connectivity index (χ3v) is 4.04. The second kappa shape index (κ2) is 5.85. The van der Waals surface area contributed by atoms with E-state index in [4.69, 9.17) is 11.6 Å². The van der Waals surface area contributed by atoms with Crippen LogP contribution in [0.1, 0.15) is 32.4 Å². The first-order chi connectivity index (χ1) is 11.2. The van der Waals surface area contributed by atoms with E-state index in [9.17, 15) is 8.78 Å². The van der Waals surface area contributed by atoms with Gasteiger partial charge in [0.05, 0.1) is 5.54 Å². The van der Waals surface area contributed by atoms with E-state index in [-0.39, 0.29) is 5.84 Å². The minimum atomic E-state index is -3.02. The van der Waals surface area contributed by atoms with E-state index in [0.717, 1.165) is 0 Å². The first-order valence-electron chi connectivity index (χ1n) is 7.78. The van der Waals surface area contributed by atoms with Crippen molar-refractivity contribution in [3.63, 3.8) is 0 Å². The highest BCUT2D eigenvalue weighted by atomic mass is 35.5. The normalized spacial score (nSPS) is 21.7. The lowest BCUT2D eigenvalue weighted by atomic mass is 9.87. The number of aliphatic imine (C=N–C) groups is 1. The summed E-state index contributed by atoms with van der Waals surface area (Å²) in [5.41, 5.74) is 0.623. The molecule has 0 saturated carbocycles. The highest BCUT2D eigenvalue weighted by Crippen LogP contribution is 2.51. The Morgan fingerprint density at radius 1 is 1.00 bits per heavy atom. The molecule has 0 spiro atoms. The number of amidine groups is 1. The molecule has 1 fully saturated rings. The Morgan fingerprint density at radius 3 is 2.12 bits per heavy atom. The molecule has 1 atom stereocenters. The van der Waals surface area contributed by atoms with Gasteiger partial charge >= 0.3 is 5.92 Å². The molecule has 5 heteroatoms. The molecule has 1 aliphatic heterocycles. The molecule has 0 amide bonds. The monoisotopic (exact) mass is 348 g/mol. The Hall–Kier alpha value is -1.94. The number of halogens is 3. The van der Waals surface area contributed by atoms with E-state index in [0.29, 0.717) is 16.3 Å². The summed E-state index contributed by atoms with van der Waals surface area (Å²) in [4.78, 5) is 5.88. The van der Waals surface area contributed by atoms with Crippen molar-refractivity contribution in [2.24, 2.45) is 4.99 Å². The summed E-state index contributed by atoms with van der Waals surface area (Å²) in [6.07, 6.45) is 0. The quantitative estimate of drug-likeness (QED) is 0.676. The van der Waals surface area contributed by atoms with Gasteiger partial charge in [-0.1, -0.05) is 41.9 Å². The van der Waals surface area contributed by atoms with Crippen LogP contribution in [-0.4, -0.2) is 17.3 Å². The topological polar surface area (TPSA) is 15.6 Å². The van der Waals surface area contributed by atoms with E-state index in [1.54, 1.807) is 53.4 Å². The Morgan fingerprint density at radius 2 is 1.58 bits per heavy atom. The van der Waals surface area contributed by atoms with Gasteiger partial charge in [0.1, 0.15) is 6.04 Å². The molecule has 0 radical (unpaired) electrons. The largest absolute Gasteiger partial charge is 0.328 e. The molecule has 2 aromatic rings. The van der Waals surface area contributed by atoms with Gasteiger partial charge in [-0.05, 0) is 50.6 Å². The molecular weight excluding hydrogens is 330 g/mol. The van der Waals surface area contributed by atoms with Gasteiger partial charge in [0.15, 0.2) is 5.84 Å². The van der Waals surface area contributed by atoms with Crippen molar-refractivity contribution >= 4 is 23.1 Å². The van der Waals surface area contributed by atoms with Crippen molar-refractivity contribution < 1.29 is 8.78 Å². The van der Waals surface area contributed by atoms with E-state index in [2.05, 4.69) is 4.99 Å². The van der Waals surface area contributed by atoms with Crippen LogP contribution in [0.5, 0.6) is 0 Å². The fourth-order valence-corrected chi connectivity index (χ4v) is 2.94. The maximum atomic E-state index is 14.9. The molecule has 1 saturated heterocycles. The van der Waals surface area contributed by atoms with Crippen LogP contribution in [0.3, 0.4) is 0 Å². The van der Waals surface area contributed by atoms with Gasteiger partial charge in [-0.2, -0.15) is 8.78 Å². The number of rotatable bonds is 2. The maximum absolute atomic E-state index is 14.9. The fourth-order valence-electron chi connectivity index (χ4n) is 2.81. The van der Waals surface area contributed by atoms with Crippen molar-refractivity contribution in [1.82, 2.24) is 0 Å². The van der Waals surface area contributed by atoms with Crippen LogP contribution in [0.2, 0.25) is 5.02 Å². The molecule has 3 rings (SSSR count). The Kier molecular flexibility index (Phi) is 4.12. The molecule has 1 aliphatic rings. The van der Waals surface area contributed by atoms with Gasteiger partial charge in [0, 0.05) is 10.7 Å². The second-order valence-corrected chi connectivity index (χ2v) is 7.33. The molecule has 24 heavy (non-hydrogen) atoms. The summed E-state index contributed by atoms with van der Waals surface area (Å²) in [7, 11) is 0. The fraction of sp³-hybridized carbons (Fsp3) is 0.316. The van der Waals surface area contributed by atoms with Gasteiger partial charge < -0.3 is 4.90 Å². The predicted octanol–water partition coefficient (Wildman–Crippen LogP) is 5.73. The highest BCUT2D eigenvalue weighted by Gasteiger charge is 2.62. The number of benzene rings is 2. The summed E-state index contributed by atoms with van der Waals surface area (Å²) in [6, 6.07) is 14.6. The summed E-state index contributed by atoms with van der Waals surface area (Å²) < 4.78 is 29.8. The maximum Gasteiger partial charge on any atom is 0.328 e. The van der Waals surface area contributed by atoms with Crippen molar-refractivity contribution in [3.8, 4) is 0 Å². The van der Waals surface area contributed by atoms with E-state index >= 15 is 0 Å². The molecule has 0 bridgehead atoms. The van der Waals surface area contributed by atoms with Gasteiger partial charge in [-0.15, -0.1) is 0 Å². The number of hydrogen-bond donors (Lipinski definition) is 0. The second-order valence-electron chi connectivity index (χ2n) is 6.89. The Labute approximate surface area is 145 Å². The minimum Gasteiger partial charge on any atom is -0.311 e. The SMILES string of the molecule is CC(C)(C)N=C1N(c2ccc(Cl)cc2)C(c2ccccc2)C1(F)F. The number of anilines is 1.